The number of hydrogen-bond acceptors (Lipinski definition) is 1. The molecule has 2 aromatic rings. The number of rotatable bonds is 2. The summed E-state index contributed by atoms with van der Waals surface area (Å²) in [7, 11) is 0. The molecule has 0 spiro atoms. The van der Waals surface area contributed by atoms with Gasteiger partial charge in [0.2, 0.25) is 0 Å². The van der Waals surface area contributed by atoms with Gasteiger partial charge in [0.05, 0.1) is 6.61 Å². The van der Waals surface area contributed by atoms with Crippen molar-refractivity contribution < 1.29 is 9.50 Å². The van der Waals surface area contributed by atoms with Crippen molar-refractivity contribution in [2.45, 2.75) is 20.5 Å². The molecule has 0 aromatic heterocycles. The third-order valence-electron chi connectivity index (χ3n) is 2.95. The number of aryl methyl sites for hydroxylation is 2. The van der Waals surface area contributed by atoms with Gasteiger partial charge in [0.25, 0.3) is 0 Å². The van der Waals surface area contributed by atoms with E-state index in [9.17, 15) is 4.39 Å². The summed E-state index contributed by atoms with van der Waals surface area (Å²) < 4.78 is 13.0. The van der Waals surface area contributed by atoms with E-state index in [1.54, 1.807) is 6.07 Å². The van der Waals surface area contributed by atoms with Crippen LogP contribution in [0.2, 0.25) is 0 Å². The van der Waals surface area contributed by atoms with Crippen LogP contribution in [0.4, 0.5) is 4.39 Å². The van der Waals surface area contributed by atoms with Crippen LogP contribution in [0.15, 0.2) is 36.4 Å². The van der Waals surface area contributed by atoms with Crippen molar-refractivity contribution in [2.75, 3.05) is 0 Å². The molecule has 0 heterocycles. The van der Waals surface area contributed by atoms with Crippen LogP contribution in [-0.2, 0) is 6.61 Å². The molecule has 88 valence electrons. The summed E-state index contributed by atoms with van der Waals surface area (Å²) in [4.78, 5) is 0. The van der Waals surface area contributed by atoms with E-state index in [-0.39, 0.29) is 12.4 Å². The van der Waals surface area contributed by atoms with Crippen molar-refractivity contribution in [3.63, 3.8) is 0 Å². The molecule has 0 saturated carbocycles. The van der Waals surface area contributed by atoms with Gasteiger partial charge in [0, 0.05) is 0 Å². The highest BCUT2D eigenvalue weighted by Crippen LogP contribution is 2.27. The summed E-state index contributed by atoms with van der Waals surface area (Å²) in [6.07, 6.45) is 0. The smallest absolute Gasteiger partial charge is 0.123 e. The Kier molecular flexibility index (Phi) is 3.25. The van der Waals surface area contributed by atoms with Crippen LogP contribution in [0, 0.1) is 19.7 Å². The summed E-state index contributed by atoms with van der Waals surface area (Å²) in [6.45, 7) is 3.94. The summed E-state index contributed by atoms with van der Waals surface area (Å²) in [5.74, 6) is -0.212. The van der Waals surface area contributed by atoms with Crippen LogP contribution in [0.1, 0.15) is 16.7 Å². The highest BCUT2D eigenvalue weighted by Gasteiger charge is 2.06. The third-order valence-corrected chi connectivity index (χ3v) is 2.95. The maximum Gasteiger partial charge on any atom is 0.123 e. The van der Waals surface area contributed by atoms with Gasteiger partial charge in [-0.2, -0.15) is 0 Å². The summed E-state index contributed by atoms with van der Waals surface area (Å²) in [5.41, 5.74) is 5.02. The van der Waals surface area contributed by atoms with Crippen molar-refractivity contribution in [3.05, 3.63) is 58.9 Å². The lowest BCUT2D eigenvalue weighted by Gasteiger charge is -2.10. The molecular weight excluding hydrogens is 215 g/mol. The molecule has 1 nitrogen and oxygen atoms in total. The van der Waals surface area contributed by atoms with Gasteiger partial charge in [0.1, 0.15) is 5.82 Å². The Hall–Kier alpha value is -1.67. The Morgan fingerprint density at radius 1 is 0.941 bits per heavy atom. The Morgan fingerprint density at radius 2 is 1.53 bits per heavy atom. The average Bonchev–Trinajstić information content (AvgIpc) is 2.30. The number of halogens is 1. The van der Waals surface area contributed by atoms with E-state index in [1.807, 2.05) is 32.0 Å². The van der Waals surface area contributed by atoms with E-state index in [4.69, 9.17) is 5.11 Å². The molecule has 0 aliphatic carbocycles. The molecule has 0 bridgehead atoms. The Balaban J connectivity index is 2.53. The SMILES string of the molecule is Cc1cc(F)ccc1-c1ccc(CO)cc1C. The zero-order chi connectivity index (χ0) is 12.4. The largest absolute Gasteiger partial charge is 0.392 e. The highest BCUT2D eigenvalue weighted by molar-refractivity contribution is 5.70. The minimum absolute atomic E-state index is 0.0452. The first-order valence-electron chi connectivity index (χ1n) is 5.58. The van der Waals surface area contributed by atoms with E-state index < -0.39 is 0 Å². The lowest BCUT2D eigenvalue weighted by Crippen LogP contribution is -1.91. The maximum atomic E-state index is 13.0. The summed E-state index contributed by atoms with van der Waals surface area (Å²) >= 11 is 0. The summed E-state index contributed by atoms with van der Waals surface area (Å²) in [6, 6.07) is 10.6. The van der Waals surface area contributed by atoms with Crippen LogP contribution in [0.25, 0.3) is 11.1 Å². The fraction of sp³-hybridized carbons (Fsp3) is 0.200. The van der Waals surface area contributed by atoms with Crippen LogP contribution >= 0.6 is 0 Å². The van der Waals surface area contributed by atoms with Gasteiger partial charge >= 0.3 is 0 Å². The van der Waals surface area contributed by atoms with Crippen LogP contribution in [0.3, 0.4) is 0 Å². The molecule has 1 N–H and O–H groups in total. The number of aliphatic hydroxyl groups is 1. The number of aliphatic hydroxyl groups excluding tert-OH is 1. The molecular formula is C15H15FO. The predicted molar refractivity (Wildman–Crippen MR) is 67.2 cm³/mol. The standard InChI is InChI=1S/C15H15FO/c1-10-7-12(9-17)3-5-14(10)15-6-4-13(16)8-11(15)2/h3-8,17H,9H2,1-2H3. The Bertz CT molecular complexity index is 547. The van der Waals surface area contributed by atoms with Crippen LogP contribution < -0.4 is 0 Å². The normalized spacial score (nSPS) is 10.6. The molecule has 0 amide bonds. The molecule has 0 aliphatic heterocycles. The van der Waals surface area contributed by atoms with E-state index in [0.29, 0.717) is 0 Å². The van der Waals surface area contributed by atoms with E-state index in [0.717, 1.165) is 27.8 Å². The molecule has 0 saturated heterocycles. The first-order chi connectivity index (χ1) is 8.11. The van der Waals surface area contributed by atoms with Gasteiger partial charge in [-0.1, -0.05) is 24.3 Å². The fourth-order valence-corrected chi connectivity index (χ4v) is 2.06. The molecule has 0 radical (unpaired) electrons. The molecule has 0 unspecified atom stereocenters. The first kappa shape index (κ1) is 11.8. The quantitative estimate of drug-likeness (QED) is 0.835. The lowest BCUT2D eigenvalue weighted by atomic mass is 9.95. The minimum Gasteiger partial charge on any atom is -0.392 e. The fourth-order valence-electron chi connectivity index (χ4n) is 2.06. The zero-order valence-corrected chi connectivity index (χ0v) is 10.00. The second kappa shape index (κ2) is 4.68. The monoisotopic (exact) mass is 230 g/mol. The molecule has 2 rings (SSSR count). The van der Waals surface area contributed by atoms with E-state index in [2.05, 4.69) is 0 Å². The molecule has 0 fully saturated rings. The van der Waals surface area contributed by atoms with Crippen molar-refractivity contribution in [2.24, 2.45) is 0 Å². The zero-order valence-electron chi connectivity index (χ0n) is 10.00. The van der Waals surface area contributed by atoms with Gasteiger partial charge < -0.3 is 5.11 Å². The molecule has 17 heavy (non-hydrogen) atoms. The lowest BCUT2D eigenvalue weighted by molar-refractivity contribution is 0.282. The van der Waals surface area contributed by atoms with Crippen molar-refractivity contribution in [1.29, 1.82) is 0 Å². The third kappa shape index (κ3) is 2.37. The first-order valence-corrected chi connectivity index (χ1v) is 5.58. The van der Waals surface area contributed by atoms with E-state index >= 15 is 0 Å². The second-order valence-electron chi connectivity index (χ2n) is 4.27. The Morgan fingerprint density at radius 3 is 2.06 bits per heavy atom. The summed E-state index contributed by atoms with van der Waals surface area (Å²) in [5, 5.41) is 9.06. The maximum absolute atomic E-state index is 13.0. The Labute approximate surface area is 101 Å². The topological polar surface area (TPSA) is 20.2 Å². The average molecular weight is 230 g/mol. The van der Waals surface area contributed by atoms with Crippen molar-refractivity contribution >= 4 is 0 Å². The van der Waals surface area contributed by atoms with Gasteiger partial charge in [-0.05, 0) is 53.8 Å². The van der Waals surface area contributed by atoms with Gasteiger partial charge in [-0.3, -0.25) is 0 Å². The van der Waals surface area contributed by atoms with E-state index in [1.165, 1.54) is 12.1 Å². The van der Waals surface area contributed by atoms with Crippen LogP contribution in [0.5, 0.6) is 0 Å². The van der Waals surface area contributed by atoms with Crippen molar-refractivity contribution in [1.82, 2.24) is 0 Å². The number of benzene rings is 2. The predicted octanol–water partition coefficient (Wildman–Crippen LogP) is 3.60. The molecule has 0 aliphatic rings. The van der Waals surface area contributed by atoms with Crippen molar-refractivity contribution in [3.8, 4) is 11.1 Å². The van der Waals surface area contributed by atoms with Gasteiger partial charge in [-0.25, -0.2) is 4.39 Å². The molecule has 2 aromatic carbocycles. The number of hydrogen-bond donors (Lipinski definition) is 1. The highest BCUT2D eigenvalue weighted by atomic mass is 19.1. The van der Waals surface area contributed by atoms with Gasteiger partial charge in [0.15, 0.2) is 0 Å². The molecule has 2 heteroatoms. The second-order valence-corrected chi connectivity index (χ2v) is 4.27. The van der Waals surface area contributed by atoms with Crippen LogP contribution in [-0.4, -0.2) is 5.11 Å². The minimum atomic E-state index is -0.212. The van der Waals surface area contributed by atoms with Gasteiger partial charge in [-0.15, -0.1) is 0 Å². The molecule has 0 atom stereocenters.